The molecule has 0 atom stereocenters. The van der Waals surface area contributed by atoms with Gasteiger partial charge >= 0.3 is 0 Å². The van der Waals surface area contributed by atoms with E-state index in [1.165, 1.54) is 87.3 Å². The minimum Gasteiger partial charge on any atom is -0.494 e. The van der Waals surface area contributed by atoms with E-state index in [1.54, 1.807) is 0 Å². The van der Waals surface area contributed by atoms with Crippen molar-refractivity contribution in [3.05, 3.63) is 54.1 Å². The molecular weight excluding hydrogens is 340 g/mol. The third-order valence-electron chi connectivity index (χ3n) is 6.19. The van der Waals surface area contributed by atoms with Gasteiger partial charge in [0, 0.05) is 0 Å². The number of hydrogen-bond donors (Lipinski definition) is 0. The van der Waals surface area contributed by atoms with E-state index >= 15 is 0 Å². The lowest BCUT2D eigenvalue weighted by molar-refractivity contribution is 0.304. The van der Waals surface area contributed by atoms with Gasteiger partial charge in [-0.25, -0.2) is 0 Å². The van der Waals surface area contributed by atoms with Crippen LogP contribution in [0.25, 0.3) is 11.1 Å². The van der Waals surface area contributed by atoms with E-state index in [-0.39, 0.29) is 0 Å². The lowest BCUT2D eigenvalue weighted by Crippen LogP contribution is -2.04. The maximum Gasteiger partial charge on any atom is 0.119 e. The minimum atomic E-state index is 0.783. The van der Waals surface area contributed by atoms with E-state index in [1.807, 2.05) is 0 Å². The molecule has 2 aromatic carbocycles. The molecule has 1 aliphatic carbocycles. The van der Waals surface area contributed by atoms with Crippen LogP contribution in [-0.4, -0.2) is 6.61 Å². The Bertz CT molecular complexity index is 650. The second-order valence-electron chi connectivity index (χ2n) is 8.45. The predicted molar refractivity (Wildman–Crippen MR) is 121 cm³/mol. The van der Waals surface area contributed by atoms with Gasteiger partial charge in [-0.1, -0.05) is 101 Å². The Balaban J connectivity index is 1.41. The molecule has 28 heavy (non-hydrogen) atoms. The van der Waals surface area contributed by atoms with Crippen molar-refractivity contribution < 1.29 is 4.74 Å². The van der Waals surface area contributed by atoms with Gasteiger partial charge in [0.2, 0.25) is 0 Å². The zero-order chi connectivity index (χ0) is 19.4. The molecule has 1 nitrogen and oxygen atoms in total. The molecule has 2 aromatic rings. The molecule has 0 aromatic heterocycles. The summed E-state index contributed by atoms with van der Waals surface area (Å²) in [5.41, 5.74) is 4.11. The second-order valence-corrected chi connectivity index (χ2v) is 8.45. The Hall–Kier alpha value is -1.76. The summed E-state index contributed by atoms with van der Waals surface area (Å²) in [6, 6.07) is 17.9. The van der Waals surface area contributed by atoms with Gasteiger partial charge in [-0.05, 0) is 54.0 Å². The summed E-state index contributed by atoms with van der Waals surface area (Å²) in [6.45, 7) is 3.11. The molecular formula is C27H38O. The molecule has 152 valence electrons. The van der Waals surface area contributed by atoms with E-state index in [4.69, 9.17) is 4.74 Å². The van der Waals surface area contributed by atoms with Gasteiger partial charge in [0.25, 0.3) is 0 Å². The Morgan fingerprint density at radius 2 is 1.25 bits per heavy atom. The van der Waals surface area contributed by atoms with Crippen molar-refractivity contribution in [3.8, 4) is 16.9 Å². The normalized spacial score (nSPS) is 14.9. The lowest BCUT2D eigenvalue weighted by atomic mass is 9.84. The van der Waals surface area contributed by atoms with Crippen molar-refractivity contribution in [2.24, 2.45) is 0 Å². The summed E-state index contributed by atoms with van der Waals surface area (Å²) in [5, 5.41) is 0. The Morgan fingerprint density at radius 3 is 1.89 bits per heavy atom. The smallest absolute Gasteiger partial charge is 0.119 e. The first-order valence-corrected chi connectivity index (χ1v) is 11.7. The van der Waals surface area contributed by atoms with Gasteiger partial charge in [-0.15, -0.1) is 0 Å². The lowest BCUT2D eigenvalue weighted by Gasteiger charge is -2.22. The van der Waals surface area contributed by atoms with E-state index in [0.29, 0.717) is 0 Å². The SMILES string of the molecule is CCCCCCCCCOc1ccc(-c2ccc(C3CCCCC3)cc2)cc1. The highest BCUT2D eigenvalue weighted by molar-refractivity contribution is 5.64. The summed E-state index contributed by atoms with van der Waals surface area (Å²) in [6.07, 6.45) is 16.2. The topological polar surface area (TPSA) is 9.23 Å². The molecule has 0 saturated heterocycles. The van der Waals surface area contributed by atoms with Crippen molar-refractivity contribution >= 4 is 0 Å². The zero-order valence-electron chi connectivity index (χ0n) is 17.8. The molecule has 1 fully saturated rings. The number of rotatable bonds is 11. The van der Waals surface area contributed by atoms with Crippen molar-refractivity contribution in [2.45, 2.75) is 89.9 Å². The first-order chi connectivity index (χ1) is 13.9. The Morgan fingerprint density at radius 1 is 0.679 bits per heavy atom. The third kappa shape index (κ3) is 6.69. The van der Waals surface area contributed by atoms with Gasteiger partial charge in [-0.3, -0.25) is 0 Å². The van der Waals surface area contributed by atoms with Crippen LogP contribution in [0.15, 0.2) is 48.5 Å². The molecule has 0 amide bonds. The van der Waals surface area contributed by atoms with Crippen LogP contribution in [0.1, 0.15) is 95.5 Å². The molecule has 0 unspecified atom stereocenters. The fraction of sp³-hybridized carbons (Fsp3) is 0.556. The number of benzene rings is 2. The number of unbranched alkanes of at least 4 members (excludes halogenated alkanes) is 6. The van der Waals surface area contributed by atoms with Crippen LogP contribution in [0.3, 0.4) is 0 Å². The Kier molecular flexibility index (Phi) is 8.94. The summed E-state index contributed by atoms with van der Waals surface area (Å²) < 4.78 is 5.92. The molecule has 0 aliphatic heterocycles. The van der Waals surface area contributed by atoms with Crippen LogP contribution in [0, 0.1) is 0 Å². The first kappa shape index (κ1) is 21.0. The van der Waals surface area contributed by atoms with Crippen LogP contribution in [-0.2, 0) is 0 Å². The van der Waals surface area contributed by atoms with Crippen LogP contribution >= 0.6 is 0 Å². The first-order valence-electron chi connectivity index (χ1n) is 11.7. The van der Waals surface area contributed by atoms with E-state index in [0.717, 1.165) is 24.7 Å². The fourth-order valence-corrected chi connectivity index (χ4v) is 4.38. The maximum atomic E-state index is 5.92. The van der Waals surface area contributed by atoms with Gasteiger partial charge in [0.05, 0.1) is 6.61 Å². The minimum absolute atomic E-state index is 0.783. The van der Waals surface area contributed by atoms with Crippen molar-refractivity contribution in [2.75, 3.05) is 6.61 Å². The molecule has 1 aliphatic rings. The number of ether oxygens (including phenoxy) is 1. The van der Waals surface area contributed by atoms with Crippen molar-refractivity contribution in [3.63, 3.8) is 0 Å². The van der Waals surface area contributed by atoms with Gasteiger partial charge in [0.15, 0.2) is 0 Å². The summed E-state index contributed by atoms with van der Waals surface area (Å²) in [5.74, 6) is 1.78. The fourth-order valence-electron chi connectivity index (χ4n) is 4.38. The highest BCUT2D eigenvalue weighted by atomic mass is 16.5. The van der Waals surface area contributed by atoms with Crippen molar-refractivity contribution in [1.29, 1.82) is 0 Å². The zero-order valence-corrected chi connectivity index (χ0v) is 17.8. The van der Waals surface area contributed by atoms with E-state index in [9.17, 15) is 0 Å². The number of hydrogen-bond acceptors (Lipinski definition) is 1. The second kappa shape index (κ2) is 11.9. The molecule has 0 N–H and O–H groups in total. The van der Waals surface area contributed by atoms with Crippen LogP contribution in [0.5, 0.6) is 5.75 Å². The highest BCUT2D eigenvalue weighted by Gasteiger charge is 2.15. The van der Waals surface area contributed by atoms with E-state index < -0.39 is 0 Å². The third-order valence-corrected chi connectivity index (χ3v) is 6.19. The summed E-state index contributed by atoms with van der Waals surface area (Å²) in [4.78, 5) is 0. The molecule has 0 spiro atoms. The van der Waals surface area contributed by atoms with Gasteiger partial charge in [-0.2, -0.15) is 0 Å². The molecule has 0 bridgehead atoms. The van der Waals surface area contributed by atoms with Gasteiger partial charge in [0.1, 0.15) is 5.75 Å². The van der Waals surface area contributed by atoms with Crippen molar-refractivity contribution in [1.82, 2.24) is 0 Å². The van der Waals surface area contributed by atoms with E-state index in [2.05, 4.69) is 55.5 Å². The molecule has 3 rings (SSSR count). The highest BCUT2D eigenvalue weighted by Crippen LogP contribution is 2.33. The summed E-state index contributed by atoms with van der Waals surface area (Å²) >= 11 is 0. The largest absolute Gasteiger partial charge is 0.494 e. The van der Waals surface area contributed by atoms with Crippen LogP contribution < -0.4 is 4.74 Å². The maximum absolute atomic E-state index is 5.92. The monoisotopic (exact) mass is 378 g/mol. The average Bonchev–Trinajstić information content (AvgIpc) is 2.77. The quantitative estimate of drug-likeness (QED) is 0.356. The van der Waals surface area contributed by atoms with Gasteiger partial charge < -0.3 is 4.74 Å². The molecule has 1 heteroatoms. The summed E-state index contributed by atoms with van der Waals surface area (Å²) in [7, 11) is 0. The molecule has 0 radical (unpaired) electrons. The standard InChI is InChI=1S/C27H38O/c1-2-3-4-5-6-7-11-22-28-27-20-18-26(19-21-27)25-16-14-24(15-17-25)23-12-9-8-10-13-23/h14-21,23H,2-13,22H2,1H3. The predicted octanol–water partition coefficient (Wildman–Crippen LogP) is 8.53. The molecule has 1 saturated carbocycles. The van der Waals surface area contributed by atoms with Crippen LogP contribution in [0.4, 0.5) is 0 Å². The average molecular weight is 379 g/mol. The molecule has 0 heterocycles. The van der Waals surface area contributed by atoms with Crippen LogP contribution in [0.2, 0.25) is 0 Å². The Labute approximate surface area is 172 Å².